The first-order valence-corrected chi connectivity index (χ1v) is 12.4. The molecule has 0 radical (unpaired) electrons. The van der Waals surface area contributed by atoms with Gasteiger partial charge in [0.1, 0.15) is 5.75 Å². The highest BCUT2D eigenvalue weighted by atomic mass is 32.2. The molecule has 1 aromatic heterocycles. The summed E-state index contributed by atoms with van der Waals surface area (Å²) in [7, 11) is -2.36. The van der Waals surface area contributed by atoms with Crippen molar-refractivity contribution in [3.05, 3.63) is 65.2 Å². The van der Waals surface area contributed by atoms with Crippen LogP contribution in [0.1, 0.15) is 47.8 Å². The van der Waals surface area contributed by atoms with Gasteiger partial charge in [0.25, 0.3) is 15.9 Å². The number of nitrogens with zero attached hydrogens (tertiary/aromatic N) is 2. The maximum atomic E-state index is 13.0. The van der Waals surface area contributed by atoms with E-state index in [1.54, 1.807) is 31.4 Å². The van der Waals surface area contributed by atoms with Crippen LogP contribution in [-0.2, 0) is 10.0 Å². The van der Waals surface area contributed by atoms with Crippen molar-refractivity contribution in [2.75, 3.05) is 12.4 Å². The molecule has 10 heteroatoms. The molecule has 1 amide bonds. The molecule has 3 rings (SSSR count). The average Bonchev–Trinajstić information content (AvgIpc) is 3.23. The molecular formula is C22H26N4O4S2. The van der Waals surface area contributed by atoms with E-state index in [0.717, 1.165) is 22.5 Å². The Morgan fingerprint density at radius 2 is 1.72 bits per heavy atom. The predicted molar refractivity (Wildman–Crippen MR) is 125 cm³/mol. The summed E-state index contributed by atoms with van der Waals surface area (Å²) in [6.45, 7) is 5.97. The Bertz CT molecular complexity index is 1160. The Balaban J connectivity index is 1.76. The Kier molecular flexibility index (Phi) is 7.60. The summed E-state index contributed by atoms with van der Waals surface area (Å²) in [4.78, 5) is 12.4. The van der Waals surface area contributed by atoms with Crippen LogP contribution < -0.4 is 14.8 Å². The fourth-order valence-electron chi connectivity index (χ4n) is 3.04. The maximum Gasteiger partial charge on any atom is 0.270 e. The van der Waals surface area contributed by atoms with Gasteiger partial charge in [-0.2, -0.15) is 0 Å². The molecule has 1 unspecified atom stereocenters. The first kappa shape index (κ1) is 23.8. The van der Waals surface area contributed by atoms with Crippen LogP contribution in [0, 0.1) is 12.8 Å². The molecule has 0 aliphatic carbocycles. The summed E-state index contributed by atoms with van der Waals surface area (Å²) >= 11 is 0.803. The van der Waals surface area contributed by atoms with Gasteiger partial charge in [-0.05, 0) is 49.1 Å². The highest BCUT2D eigenvalue weighted by Gasteiger charge is 2.26. The van der Waals surface area contributed by atoms with Crippen LogP contribution in [0.25, 0.3) is 0 Å². The maximum absolute atomic E-state index is 13.0. The normalized spacial score (nSPS) is 12.5. The minimum absolute atomic E-state index is 0.112. The third-order valence-electron chi connectivity index (χ3n) is 4.69. The van der Waals surface area contributed by atoms with Crippen LogP contribution in [-0.4, -0.2) is 31.6 Å². The molecule has 0 bridgehead atoms. The molecule has 32 heavy (non-hydrogen) atoms. The number of rotatable bonds is 9. The van der Waals surface area contributed by atoms with Gasteiger partial charge in [-0.15, -0.1) is 10.2 Å². The van der Waals surface area contributed by atoms with Crippen molar-refractivity contribution in [2.24, 2.45) is 5.92 Å². The number of hydrogen-bond acceptors (Lipinski definition) is 7. The molecule has 1 atom stereocenters. The van der Waals surface area contributed by atoms with Crippen molar-refractivity contribution < 1.29 is 17.9 Å². The van der Waals surface area contributed by atoms with Gasteiger partial charge in [-0.3, -0.25) is 10.1 Å². The SMILES string of the molecule is COc1ccc(C(CC(C)C)NS(=O)(=O)c2nnc(NC(=O)c3ccc(C)cc3)s2)cc1. The van der Waals surface area contributed by atoms with Crippen molar-refractivity contribution in [1.82, 2.24) is 14.9 Å². The molecule has 1 heterocycles. The minimum atomic E-state index is -3.94. The molecule has 2 N–H and O–H groups in total. The number of carbonyl (C=O) groups excluding carboxylic acids is 1. The highest BCUT2D eigenvalue weighted by Crippen LogP contribution is 2.27. The van der Waals surface area contributed by atoms with Gasteiger partial charge < -0.3 is 4.74 Å². The molecule has 0 aliphatic rings. The molecule has 0 aliphatic heterocycles. The van der Waals surface area contributed by atoms with Crippen molar-refractivity contribution in [3.63, 3.8) is 0 Å². The smallest absolute Gasteiger partial charge is 0.270 e. The molecule has 0 saturated carbocycles. The predicted octanol–water partition coefficient (Wildman–Crippen LogP) is 4.17. The van der Waals surface area contributed by atoms with Crippen LogP contribution in [0.15, 0.2) is 52.9 Å². The Labute approximate surface area is 192 Å². The van der Waals surface area contributed by atoms with Gasteiger partial charge in [0.15, 0.2) is 0 Å². The van der Waals surface area contributed by atoms with E-state index in [1.165, 1.54) is 0 Å². The van der Waals surface area contributed by atoms with Crippen LogP contribution >= 0.6 is 11.3 Å². The number of aromatic nitrogens is 2. The number of aryl methyl sites for hydroxylation is 1. The largest absolute Gasteiger partial charge is 0.497 e. The van der Waals surface area contributed by atoms with Crippen molar-refractivity contribution >= 4 is 32.4 Å². The lowest BCUT2D eigenvalue weighted by Gasteiger charge is -2.20. The number of anilines is 1. The monoisotopic (exact) mass is 474 g/mol. The van der Waals surface area contributed by atoms with Crippen LogP contribution in [0.2, 0.25) is 0 Å². The van der Waals surface area contributed by atoms with Gasteiger partial charge in [-0.1, -0.05) is 55.0 Å². The van der Waals surface area contributed by atoms with Crippen LogP contribution in [0.4, 0.5) is 5.13 Å². The van der Waals surface area contributed by atoms with E-state index in [4.69, 9.17) is 4.74 Å². The van der Waals surface area contributed by atoms with E-state index in [0.29, 0.717) is 17.7 Å². The number of nitrogens with one attached hydrogen (secondary N) is 2. The van der Waals surface area contributed by atoms with Gasteiger partial charge in [0.05, 0.1) is 7.11 Å². The second-order valence-electron chi connectivity index (χ2n) is 7.77. The summed E-state index contributed by atoms with van der Waals surface area (Å²) in [5.74, 6) is 0.565. The number of hydrogen-bond donors (Lipinski definition) is 2. The molecular weight excluding hydrogens is 448 g/mol. The van der Waals surface area contributed by atoms with Crippen molar-refractivity contribution in [3.8, 4) is 5.75 Å². The van der Waals surface area contributed by atoms with E-state index < -0.39 is 16.1 Å². The van der Waals surface area contributed by atoms with E-state index in [9.17, 15) is 13.2 Å². The summed E-state index contributed by atoms with van der Waals surface area (Å²) in [5, 5.41) is 10.3. The lowest BCUT2D eigenvalue weighted by atomic mass is 9.98. The Hall–Kier alpha value is -2.82. The second kappa shape index (κ2) is 10.2. The molecule has 2 aromatic carbocycles. The van der Waals surface area contributed by atoms with Gasteiger partial charge >= 0.3 is 0 Å². The van der Waals surface area contributed by atoms with Gasteiger partial charge in [0.2, 0.25) is 9.47 Å². The lowest BCUT2D eigenvalue weighted by Crippen LogP contribution is -2.29. The zero-order valence-electron chi connectivity index (χ0n) is 18.3. The standard InChI is InChI=1S/C22H26N4O4S2/c1-14(2)13-19(16-9-11-18(30-4)12-10-16)26-32(28,29)22-25-24-21(31-22)23-20(27)17-7-5-15(3)6-8-17/h5-12,14,19,26H,13H2,1-4H3,(H,23,24,27). The fraction of sp³-hybridized carbons (Fsp3) is 0.318. The van der Waals surface area contributed by atoms with Crippen molar-refractivity contribution in [1.29, 1.82) is 0 Å². The number of carbonyl (C=O) groups is 1. The summed E-state index contributed by atoms with van der Waals surface area (Å²) in [6, 6.07) is 13.8. The number of amides is 1. The topological polar surface area (TPSA) is 110 Å². The number of benzene rings is 2. The van der Waals surface area contributed by atoms with Crippen LogP contribution in [0.3, 0.4) is 0 Å². The second-order valence-corrected chi connectivity index (χ2v) is 10.6. The summed E-state index contributed by atoms with van der Waals surface area (Å²) in [5.41, 5.74) is 2.30. The third kappa shape index (κ3) is 6.12. The third-order valence-corrected chi connectivity index (χ3v) is 7.37. The van der Waals surface area contributed by atoms with Gasteiger partial charge in [0, 0.05) is 11.6 Å². The zero-order chi connectivity index (χ0) is 23.3. The molecule has 0 spiro atoms. The van der Waals surface area contributed by atoms with E-state index in [-0.39, 0.29) is 21.3 Å². The molecule has 0 fully saturated rings. The molecule has 3 aromatic rings. The first-order valence-electron chi connectivity index (χ1n) is 10.1. The Morgan fingerprint density at radius 1 is 1.06 bits per heavy atom. The van der Waals surface area contributed by atoms with Crippen LogP contribution in [0.5, 0.6) is 5.75 Å². The number of ether oxygens (including phenoxy) is 1. The van der Waals surface area contributed by atoms with E-state index in [2.05, 4.69) is 20.2 Å². The minimum Gasteiger partial charge on any atom is -0.497 e. The number of methoxy groups -OCH3 is 1. The van der Waals surface area contributed by atoms with Crippen molar-refractivity contribution in [2.45, 2.75) is 37.6 Å². The quantitative estimate of drug-likeness (QED) is 0.450. The van der Waals surface area contributed by atoms with Gasteiger partial charge in [-0.25, -0.2) is 13.1 Å². The summed E-state index contributed by atoms with van der Waals surface area (Å²) < 4.78 is 33.7. The number of sulfonamides is 1. The Morgan fingerprint density at radius 3 is 2.31 bits per heavy atom. The zero-order valence-corrected chi connectivity index (χ0v) is 20.0. The average molecular weight is 475 g/mol. The highest BCUT2D eigenvalue weighted by molar-refractivity contribution is 7.91. The lowest BCUT2D eigenvalue weighted by molar-refractivity contribution is 0.102. The first-order chi connectivity index (χ1) is 15.2. The fourth-order valence-corrected chi connectivity index (χ4v) is 5.19. The summed E-state index contributed by atoms with van der Waals surface area (Å²) in [6.07, 6.45) is 0.599. The molecule has 170 valence electrons. The molecule has 8 nitrogen and oxygen atoms in total. The molecule has 0 saturated heterocycles. The van der Waals surface area contributed by atoms with E-state index >= 15 is 0 Å². The van der Waals surface area contributed by atoms with E-state index in [1.807, 2.05) is 45.0 Å².